The van der Waals surface area contributed by atoms with E-state index in [4.69, 9.17) is 11.6 Å². The Morgan fingerprint density at radius 1 is 1.10 bits per heavy atom. The number of nitrogens with one attached hydrogen (secondary N) is 1. The average molecular weight is 296 g/mol. The fraction of sp³-hybridized carbons (Fsp3) is 0.133. The van der Waals surface area contributed by atoms with Crippen LogP contribution in [0.25, 0.3) is 0 Å². The number of amides is 1. The molecule has 2 nitrogen and oxygen atoms in total. The van der Waals surface area contributed by atoms with Gasteiger partial charge in [-0.1, -0.05) is 29.8 Å². The van der Waals surface area contributed by atoms with Gasteiger partial charge in [-0.3, -0.25) is 4.79 Å². The minimum absolute atomic E-state index is 0.390. The van der Waals surface area contributed by atoms with E-state index in [9.17, 15) is 13.6 Å². The lowest BCUT2D eigenvalue weighted by molar-refractivity contribution is 0.0931. The van der Waals surface area contributed by atoms with Crippen LogP contribution < -0.4 is 5.32 Å². The van der Waals surface area contributed by atoms with E-state index in [2.05, 4.69) is 5.32 Å². The van der Waals surface area contributed by atoms with Crippen LogP contribution in [0.1, 0.15) is 28.9 Å². The van der Waals surface area contributed by atoms with Crippen LogP contribution in [0.2, 0.25) is 5.02 Å². The lowest BCUT2D eigenvalue weighted by atomic mass is 10.1. The van der Waals surface area contributed by atoms with Crippen LogP contribution in [0, 0.1) is 11.6 Å². The first-order valence-corrected chi connectivity index (χ1v) is 6.37. The molecule has 1 N–H and O–H groups in total. The molecule has 0 heterocycles. The molecule has 0 radical (unpaired) electrons. The van der Waals surface area contributed by atoms with Gasteiger partial charge in [-0.15, -0.1) is 0 Å². The Morgan fingerprint density at radius 3 is 2.20 bits per heavy atom. The maximum absolute atomic E-state index is 13.5. The zero-order valence-electron chi connectivity index (χ0n) is 10.7. The van der Waals surface area contributed by atoms with E-state index >= 15 is 0 Å². The highest BCUT2D eigenvalue weighted by molar-refractivity contribution is 6.30. The number of carbonyl (C=O) groups is 1. The van der Waals surface area contributed by atoms with E-state index in [1.54, 1.807) is 31.2 Å². The smallest absolute Gasteiger partial charge is 0.257 e. The summed E-state index contributed by atoms with van der Waals surface area (Å²) < 4.78 is 27.0. The molecular formula is C15H12ClF2NO. The third-order valence-corrected chi connectivity index (χ3v) is 3.16. The summed E-state index contributed by atoms with van der Waals surface area (Å²) >= 11 is 5.77. The van der Waals surface area contributed by atoms with Crippen molar-refractivity contribution in [3.8, 4) is 0 Å². The largest absolute Gasteiger partial charge is 0.345 e. The summed E-state index contributed by atoms with van der Waals surface area (Å²) in [5.74, 6) is -2.56. The topological polar surface area (TPSA) is 29.1 Å². The summed E-state index contributed by atoms with van der Waals surface area (Å²) in [5, 5.41) is 3.13. The zero-order chi connectivity index (χ0) is 14.7. The fourth-order valence-electron chi connectivity index (χ4n) is 1.82. The molecule has 0 aliphatic rings. The maximum atomic E-state index is 13.5. The standard InChI is InChI=1S/C15H12ClF2NO/c1-9(10-5-7-11(16)8-6-10)19-15(20)14-12(17)3-2-4-13(14)18/h2-9H,1H3,(H,19,20). The second kappa shape index (κ2) is 6.01. The molecule has 2 aromatic rings. The molecule has 0 saturated heterocycles. The Balaban J connectivity index is 2.17. The van der Waals surface area contributed by atoms with Gasteiger partial charge in [-0.25, -0.2) is 8.78 Å². The van der Waals surface area contributed by atoms with Gasteiger partial charge in [0.05, 0.1) is 6.04 Å². The number of carbonyl (C=O) groups excluding carboxylic acids is 1. The van der Waals surface area contributed by atoms with E-state index in [1.165, 1.54) is 6.07 Å². The van der Waals surface area contributed by atoms with Gasteiger partial charge in [0.25, 0.3) is 5.91 Å². The third-order valence-electron chi connectivity index (χ3n) is 2.91. The van der Waals surface area contributed by atoms with Gasteiger partial charge < -0.3 is 5.32 Å². The average Bonchev–Trinajstić information content (AvgIpc) is 2.39. The summed E-state index contributed by atoms with van der Waals surface area (Å²) in [5.41, 5.74) is 0.216. The Morgan fingerprint density at radius 2 is 1.65 bits per heavy atom. The van der Waals surface area contributed by atoms with Gasteiger partial charge >= 0.3 is 0 Å². The number of hydrogen-bond donors (Lipinski definition) is 1. The molecular weight excluding hydrogens is 284 g/mol. The number of benzene rings is 2. The lowest BCUT2D eigenvalue weighted by Crippen LogP contribution is -2.28. The van der Waals surface area contributed by atoms with Crippen LogP contribution >= 0.6 is 11.6 Å². The van der Waals surface area contributed by atoms with Crippen molar-refractivity contribution in [1.82, 2.24) is 5.32 Å². The van der Waals surface area contributed by atoms with Crippen molar-refractivity contribution >= 4 is 17.5 Å². The van der Waals surface area contributed by atoms with Gasteiger partial charge in [0.15, 0.2) is 0 Å². The van der Waals surface area contributed by atoms with Crippen molar-refractivity contribution in [2.75, 3.05) is 0 Å². The van der Waals surface area contributed by atoms with Crippen molar-refractivity contribution in [2.24, 2.45) is 0 Å². The first-order valence-electron chi connectivity index (χ1n) is 5.99. The van der Waals surface area contributed by atoms with Crippen LogP contribution in [-0.2, 0) is 0 Å². The van der Waals surface area contributed by atoms with Crippen molar-refractivity contribution in [2.45, 2.75) is 13.0 Å². The molecule has 0 aliphatic heterocycles. The molecule has 2 aromatic carbocycles. The molecule has 5 heteroatoms. The molecule has 20 heavy (non-hydrogen) atoms. The van der Waals surface area contributed by atoms with Crippen molar-refractivity contribution in [3.63, 3.8) is 0 Å². The Bertz CT molecular complexity index is 608. The summed E-state index contributed by atoms with van der Waals surface area (Å²) in [6, 6.07) is 9.77. The number of halogens is 3. The van der Waals surface area contributed by atoms with Gasteiger partial charge in [0, 0.05) is 5.02 Å². The second-order valence-electron chi connectivity index (χ2n) is 4.34. The lowest BCUT2D eigenvalue weighted by Gasteiger charge is -2.15. The Hall–Kier alpha value is -1.94. The first-order chi connectivity index (χ1) is 9.49. The van der Waals surface area contributed by atoms with E-state index in [0.717, 1.165) is 17.7 Å². The van der Waals surface area contributed by atoms with Gasteiger partial charge in [0.2, 0.25) is 0 Å². The summed E-state index contributed by atoms with van der Waals surface area (Å²) in [6.07, 6.45) is 0. The predicted molar refractivity (Wildman–Crippen MR) is 73.7 cm³/mol. The van der Waals surface area contributed by atoms with Crippen LogP contribution in [0.3, 0.4) is 0 Å². The molecule has 1 unspecified atom stereocenters. The van der Waals surface area contributed by atoms with Crippen molar-refractivity contribution in [3.05, 3.63) is 70.2 Å². The minimum atomic E-state index is -0.884. The SMILES string of the molecule is CC(NC(=O)c1c(F)cccc1F)c1ccc(Cl)cc1. The number of hydrogen-bond acceptors (Lipinski definition) is 1. The molecule has 0 saturated carbocycles. The summed E-state index contributed by atoms with van der Waals surface area (Å²) in [4.78, 5) is 11.9. The molecule has 0 bridgehead atoms. The van der Waals surface area contributed by atoms with Gasteiger partial charge in [-0.2, -0.15) is 0 Å². The Labute approximate surface area is 120 Å². The second-order valence-corrected chi connectivity index (χ2v) is 4.78. The maximum Gasteiger partial charge on any atom is 0.257 e. The molecule has 0 fully saturated rings. The third kappa shape index (κ3) is 3.14. The molecule has 0 aliphatic carbocycles. The molecule has 0 spiro atoms. The highest BCUT2D eigenvalue weighted by Gasteiger charge is 2.19. The zero-order valence-corrected chi connectivity index (χ0v) is 11.4. The van der Waals surface area contributed by atoms with E-state index < -0.39 is 29.1 Å². The van der Waals surface area contributed by atoms with Gasteiger partial charge in [0.1, 0.15) is 17.2 Å². The van der Waals surface area contributed by atoms with E-state index in [0.29, 0.717) is 5.02 Å². The predicted octanol–water partition coefficient (Wildman–Crippen LogP) is 4.11. The number of rotatable bonds is 3. The van der Waals surface area contributed by atoms with Crippen molar-refractivity contribution in [1.29, 1.82) is 0 Å². The Kier molecular flexibility index (Phi) is 4.35. The van der Waals surface area contributed by atoms with Crippen LogP contribution in [0.15, 0.2) is 42.5 Å². The molecule has 2 rings (SSSR count). The first kappa shape index (κ1) is 14.5. The van der Waals surface area contributed by atoms with E-state index in [-0.39, 0.29) is 0 Å². The van der Waals surface area contributed by atoms with Crippen LogP contribution in [0.4, 0.5) is 8.78 Å². The highest BCUT2D eigenvalue weighted by Crippen LogP contribution is 2.18. The summed E-state index contributed by atoms with van der Waals surface area (Å²) in [6.45, 7) is 1.72. The minimum Gasteiger partial charge on any atom is -0.345 e. The fourth-order valence-corrected chi connectivity index (χ4v) is 1.94. The normalized spacial score (nSPS) is 12.0. The van der Waals surface area contributed by atoms with Crippen LogP contribution in [0.5, 0.6) is 0 Å². The molecule has 1 amide bonds. The molecule has 1 atom stereocenters. The monoisotopic (exact) mass is 295 g/mol. The van der Waals surface area contributed by atoms with Crippen LogP contribution in [-0.4, -0.2) is 5.91 Å². The molecule has 104 valence electrons. The highest BCUT2D eigenvalue weighted by atomic mass is 35.5. The summed E-state index contributed by atoms with van der Waals surface area (Å²) in [7, 11) is 0. The van der Waals surface area contributed by atoms with Gasteiger partial charge in [-0.05, 0) is 36.8 Å². The molecule has 0 aromatic heterocycles. The van der Waals surface area contributed by atoms with Crippen molar-refractivity contribution < 1.29 is 13.6 Å². The quantitative estimate of drug-likeness (QED) is 0.907. The van der Waals surface area contributed by atoms with E-state index in [1.807, 2.05) is 0 Å².